The van der Waals surface area contributed by atoms with E-state index in [2.05, 4.69) is 0 Å². The number of fused-ring (bicyclic) bond motifs is 1. The van der Waals surface area contributed by atoms with Crippen LogP contribution in [0, 0.1) is 6.92 Å². The Kier molecular flexibility index (Phi) is 4.78. The van der Waals surface area contributed by atoms with Crippen molar-refractivity contribution in [3.8, 4) is 0 Å². The standard InChI is InChI=1S/C21H24N2O3S/c1-16-4-2-7-19(14-16)21(24)22-10-12-23(13-11-22)27(25,26)20-9-8-17-5-3-6-18(17)15-20/h2,4,7-9,14-15H,3,5-6,10-13H2,1H3. The fourth-order valence-electron chi connectivity index (χ4n) is 3.95. The van der Waals surface area contributed by atoms with Gasteiger partial charge < -0.3 is 4.90 Å². The average Bonchev–Trinajstić information content (AvgIpc) is 3.15. The maximum atomic E-state index is 13.0. The first-order valence-electron chi connectivity index (χ1n) is 9.43. The number of carbonyl (C=O) groups excluding carboxylic acids is 1. The van der Waals surface area contributed by atoms with Crippen LogP contribution in [-0.2, 0) is 22.9 Å². The molecule has 1 fully saturated rings. The lowest BCUT2D eigenvalue weighted by Gasteiger charge is -2.34. The van der Waals surface area contributed by atoms with Crippen LogP contribution in [0.2, 0.25) is 0 Å². The van der Waals surface area contributed by atoms with Crippen LogP contribution in [0.4, 0.5) is 0 Å². The van der Waals surface area contributed by atoms with Gasteiger partial charge in [0, 0.05) is 31.7 Å². The van der Waals surface area contributed by atoms with Gasteiger partial charge in [0.2, 0.25) is 10.0 Å². The molecule has 0 N–H and O–H groups in total. The van der Waals surface area contributed by atoms with Gasteiger partial charge in [0.1, 0.15) is 0 Å². The minimum atomic E-state index is -3.51. The Morgan fingerprint density at radius 1 is 0.926 bits per heavy atom. The number of nitrogens with zero attached hydrogens (tertiary/aromatic N) is 2. The monoisotopic (exact) mass is 384 g/mol. The Morgan fingerprint density at radius 2 is 1.67 bits per heavy atom. The molecule has 0 saturated carbocycles. The molecule has 1 aliphatic heterocycles. The number of piperazine rings is 1. The third kappa shape index (κ3) is 3.51. The van der Waals surface area contributed by atoms with Crippen LogP contribution in [-0.4, -0.2) is 49.7 Å². The molecular formula is C21H24N2O3S. The van der Waals surface area contributed by atoms with Gasteiger partial charge in [-0.1, -0.05) is 23.8 Å². The Hall–Kier alpha value is -2.18. The SMILES string of the molecule is Cc1cccc(C(=O)N2CCN(S(=O)(=O)c3ccc4c(c3)CCC4)CC2)c1. The topological polar surface area (TPSA) is 57.7 Å². The largest absolute Gasteiger partial charge is 0.336 e. The van der Waals surface area contributed by atoms with Crippen molar-refractivity contribution in [2.75, 3.05) is 26.2 Å². The van der Waals surface area contributed by atoms with Crippen molar-refractivity contribution >= 4 is 15.9 Å². The second kappa shape index (κ2) is 7.09. The third-order valence-electron chi connectivity index (χ3n) is 5.50. The molecular weight excluding hydrogens is 360 g/mol. The van der Waals surface area contributed by atoms with E-state index in [9.17, 15) is 13.2 Å². The summed E-state index contributed by atoms with van der Waals surface area (Å²) in [5.41, 5.74) is 4.12. The molecule has 0 radical (unpaired) electrons. The summed E-state index contributed by atoms with van der Waals surface area (Å²) >= 11 is 0. The summed E-state index contributed by atoms with van der Waals surface area (Å²) in [6.07, 6.45) is 3.09. The average molecular weight is 385 g/mol. The summed E-state index contributed by atoms with van der Waals surface area (Å²) in [5, 5.41) is 0. The maximum absolute atomic E-state index is 13.0. The molecule has 0 atom stereocenters. The summed E-state index contributed by atoms with van der Waals surface area (Å²) < 4.78 is 27.5. The molecule has 6 heteroatoms. The molecule has 0 spiro atoms. The molecule has 2 aromatic rings. The highest BCUT2D eigenvalue weighted by Crippen LogP contribution is 2.27. The molecule has 2 aliphatic rings. The number of amides is 1. The van der Waals surface area contributed by atoms with E-state index in [1.165, 1.54) is 9.87 Å². The van der Waals surface area contributed by atoms with E-state index in [-0.39, 0.29) is 5.91 Å². The molecule has 0 bridgehead atoms. The molecule has 1 aliphatic carbocycles. The lowest BCUT2D eigenvalue weighted by Crippen LogP contribution is -2.50. The molecule has 1 amide bonds. The zero-order chi connectivity index (χ0) is 19.0. The number of aryl methyl sites for hydroxylation is 3. The number of sulfonamides is 1. The highest BCUT2D eigenvalue weighted by Gasteiger charge is 2.31. The van der Waals surface area contributed by atoms with Crippen LogP contribution in [0.3, 0.4) is 0 Å². The van der Waals surface area contributed by atoms with Crippen molar-refractivity contribution in [1.29, 1.82) is 0 Å². The summed E-state index contributed by atoms with van der Waals surface area (Å²) in [7, 11) is -3.51. The van der Waals surface area contributed by atoms with E-state index in [1.54, 1.807) is 11.0 Å². The number of hydrogen-bond acceptors (Lipinski definition) is 3. The van der Waals surface area contributed by atoms with Gasteiger partial charge in [-0.05, 0) is 61.6 Å². The van der Waals surface area contributed by atoms with E-state index < -0.39 is 10.0 Å². The van der Waals surface area contributed by atoms with E-state index in [0.29, 0.717) is 36.6 Å². The third-order valence-corrected chi connectivity index (χ3v) is 7.39. The van der Waals surface area contributed by atoms with Crippen LogP contribution in [0.1, 0.15) is 33.5 Å². The van der Waals surface area contributed by atoms with Gasteiger partial charge in [0.25, 0.3) is 5.91 Å². The maximum Gasteiger partial charge on any atom is 0.253 e. The quantitative estimate of drug-likeness (QED) is 0.817. The summed E-state index contributed by atoms with van der Waals surface area (Å²) in [5.74, 6) is -0.0340. The molecule has 5 nitrogen and oxygen atoms in total. The number of rotatable bonds is 3. The Morgan fingerprint density at radius 3 is 2.41 bits per heavy atom. The fourth-order valence-corrected chi connectivity index (χ4v) is 5.42. The zero-order valence-corrected chi connectivity index (χ0v) is 16.3. The Balaban J connectivity index is 1.46. The summed E-state index contributed by atoms with van der Waals surface area (Å²) in [6, 6.07) is 13.0. The van der Waals surface area contributed by atoms with Crippen molar-refractivity contribution < 1.29 is 13.2 Å². The lowest BCUT2D eigenvalue weighted by molar-refractivity contribution is 0.0698. The Bertz CT molecular complexity index is 977. The molecule has 27 heavy (non-hydrogen) atoms. The minimum Gasteiger partial charge on any atom is -0.336 e. The predicted octanol–water partition coefficient (Wildman–Crippen LogP) is 2.63. The van der Waals surface area contributed by atoms with Crippen LogP contribution in [0.15, 0.2) is 47.4 Å². The summed E-state index contributed by atoms with van der Waals surface area (Å²) in [6.45, 7) is 3.44. The van der Waals surface area contributed by atoms with Gasteiger partial charge >= 0.3 is 0 Å². The van der Waals surface area contributed by atoms with Gasteiger partial charge in [-0.3, -0.25) is 4.79 Å². The van der Waals surface area contributed by atoms with Crippen molar-refractivity contribution in [3.63, 3.8) is 0 Å². The first-order chi connectivity index (χ1) is 12.9. The van der Waals surface area contributed by atoms with E-state index in [1.807, 2.05) is 43.3 Å². The fraction of sp³-hybridized carbons (Fsp3) is 0.381. The second-order valence-corrected chi connectivity index (χ2v) is 9.29. The molecule has 0 aromatic heterocycles. The first-order valence-corrected chi connectivity index (χ1v) is 10.9. The van der Waals surface area contributed by atoms with Gasteiger partial charge in [0.05, 0.1) is 4.90 Å². The van der Waals surface area contributed by atoms with Crippen LogP contribution >= 0.6 is 0 Å². The van der Waals surface area contributed by atoms with Crippen LogP contribution in [0.25, 0.3) is 0 Å². The Labute approximate surface area is 160 Å². The van der Waals surface area contributed by atoms with Gasteiger partial charge in [0.15, 0.2) is 0 Å². The molecule has 1 saturated heterocycles. The van der Waals surface area contributed by atoms with Crippen molar-refractivity contribution in [1.82, 2.24) is 9.21 Å². The smallest absolute Gasteiger partial charge is 0.253 e. The van der Waals surface area contributed by atoms with Crippen molar-refractivity contribution in [3.05, 3.63) is 64.7 Å². The highest BCUT2D eigenvalue weighted by molar-refractivity contribution is 7.89. The normalized spacial score (nSPS) is 17.7. The van der Waals surface area contributed by atoms with Crippen molar-refractivity contribution in [2.24, 2.45) is 0 Å². The van der Waals surface area contributed by atoms with E-state index in [4.69, 9.17) is 0 Å². The van der Waals surface area contributed by atoms with E-state index in [0.717, 1.165) is 30.4 Å². The lowest BCUT2D eigenvalue weighted by atomic mass is 10.1. The van der Waals surface area contributed by atoms with E-state index >= 15 is 0 Å². The number of hydrogen-bond donors (Lipinski definition) is 0. The second-order valence-electron chi connectivity index (χ2n) is 7.35. The molecule has 4 rings (SSSR count). The molecule has 142 valence electrons. The van der Waals surface area contributed by atoms with Crippen LogP contribution < -0.4 is 0 Å². The predicted molar refractivity (Wildman–Crippen MR) is 104 cm³/mol. The number of carbonyl (C=O) groups is 1. The first kappa shape index (κ1) is 18.2. The molecule has 2 aromatic carbocycles. The minimum absolute atomic E-state index is 0.0340. The van der Waals surface area contributed by atoms with Crippen molar-refractivity contribution in [2.45, 2.75) is 31.1 Å². The van der Waals surface area contributed by atoms with Gasteiger partial charge in [-0.25, -0.2) is 8.42 Å². The molecule has 1 heterocycles. The zero-order valence-electron chi connectivity index (χ0n) is 15.5. The highest BCUT2D eigenvalue weighted by atomic mass is 32.2. The van der Waals surface area contributed by atoms with Gasteiger partial charge in [-0.2, -0.15) is 4.31 Å². The molecule has 0 unspecified atom stereocenters. The summed E-state index contributed by atoms with van der Waals surface area (Å²) in [4.78, 5) is 14.8. The van der Waals surface area contributed by atoms with Gasteiger partial charge in [-0.15, -0.1) is 0 Å². The number of benzene rings is 2. The van der Waals surface area contributed by atoms with Crippen LogP contribution in [0.5, 0.6) is 0 Å².